The molecule has 0 bridgehead atoms. The number of pyridine rings is 1. The molecule has 0 saturated carbocycles. The van der Waals surface area contributed by atoms with Crippen LogP contribution in [0.2, 0.25) is 0 Å². The third kappa shape index (κ3) is 2.02. The minimum Gasteiger partial charge on any atom is -0.494 e. The molecule has 0 fully saturated rings. The van der Waals surface area contributed by atoms with Crippen LogP contribution < -0.4 is 10.5 Å². The lowest BCUT2D eigenvalue weighted by molar-refractivity contribution is 0.386. The van der Waals surface area contributed by atoms with Gasteiger partial charge in [-0.25, -0.2) is 8.91 Å². The van der Waals surface area contributed by atoms with Crippen molar-refractivity contribution < 1.29 is 9.13 Å². The maximum absolute atomic E-state index is 13.8. The van der Waals surface area contributed by atoms with E-state index in [0.717, 1.165) is 11.1 Å². The van der Waals surface area contributed by atoms with Crippen LogP contribution in [0.3, 0.4) is 0 Å². The minimum absolute atomic E-state index is 0.209. The van der Waals surface area contributed by atoms with Gasteiger partial charge in [0, 0.05) is 11.8 Å². The van der Waals surface area contributed by atoms with Gasteiger partial charge in [0.1, 0.15) is 0 Å². The molecule has 5 heteroatoms. The van der Waals surface area contributed by atoms with Gasteiger partial charge in [-0.15, -0.1) is 0 Å². The normalized spacial score (nSPS) is 12.6. The fraction of sp³-hybridized carbons (Fsp3) is 0.133. The Balaban J connectivity index is 2.04. The lowest BCUT2D eigenvalue weighted by atomic mass is 10.0. The molecule has 1 atom stereocenters. The van der Waals surface area contributed by atoms with Gasteiger partial charge in [0.05, 0.1) is 24.9 Å². The molecular formula is C15H14FN3O. The molecule has 1 unspecified atom stereocenters. The van der Waals surface area contributed by atoms with E-state index in [1.54, 1.807) is 22.8 Å². The quantitative estimate of drug-likeness (QED) is 0.796. The SMILES string of the molecule is COc1ccc(C(N)c2cnn3ccccc23)cc1F. The number of nitrogens with zero attached hydrogens (tertiary/aromatic N) is 2. The molecule has 3 rings (SSSR count). The summed E-state index contributed by atoms with van der Waals surface area (Å²) in [6, 6.07) is 10.0. The Hall–Kier alpha value is -2.40. The third-order valence-electron chi connectivity index (χ3n) is 3.33. The minimum atomic E-state index is -0.435. The maximum Gasteiger partial charge on any atom is 0.165 e. The molecule has 1 aromatic carbocycles. The lowest BCUT2D eigenvalue weighted by Crippen LogP contribution is -2.12. The van der Waals surface area contributed by atoms with E-state index < -0.39 is 11.9 Å². The molecule has 0 aliphatic rings. The highest BCUT2D eigenvalue weighted by molar-refractivity contribution is 5.57. The molecule has 0 radical (unpaired) electrons. The van der Waals surface area contributed by atoms with Crippen molar-refractivity contribution in [2.24, 2.45) is 5.73 Å². The number of rotatable bonds is 3. The van der Waals surface area contributed by atoms with Gasteiger partial charge >= 0.3 is 0 Å². The highest BCUT2D eigenvalue weighted by Gasteiger charge is 2.16. The van der Waals surface area contributed by atoms with Crippen molar-refractivity contribution in [2.75, 3.05) is 7.11 Å². The summed E-state index contributed by atoms with van der Waals surface area (Å²) in [5, 5.41) is 4.24. The zero-order valence-corrected chi connectivity index (χ0v) is 11.0. The smallest absolute Gasteiger partial charge is 0.165 e. The molecule has 0 aliphatic carbocycles. The van der Waals surface area contributed by atoms with Crippen LogP contribution in [0.25, 0.3) is 5.52 Å². The molecule has 102 valence electrons. The Morgan fingerprint density at radius 1 is 1.30 bits per heavy atom. The Morgan fingerprint density at radius 3 is 2.90 bits per heavy atom. The summed E-state index contributed by atoms with van der Waals surface area (Å²) >= 11 is 0. The van der Waals surface area contributed by atoms with Crippen LogP contribution in [0.1, 0.15) is 17.2 Å². The van der Waals surface area contributed by atoms with Gasteiger partial charge in [0.15, 0.2) is 11.6 Å². The van der Waals surface area contributed by atoms with Gasteiger partial charge < -0.3 is 10.5 Å². The van der Waals surface area contributed by atoms with Crippen molar-refractivity contribution in [3.63, 3.8) is 0 Å². The molecule has 2 heterocycles. The predicted molar refractivity (Wildman–Crippen MR) is 74.2 cm³/mol. The van der Waals surface area contributed by atoms with Gasteiger partial charge in [-0.1, -0.05) is 12.1 Å². The Labute approximate surface area is 115 Å². The number of benzene rings is 1. The zero-order chi connectivity index (χ0) is 14.1. The summed E-state index contributed by atoms with van der Waals surface area (Å²) in [7, 11) is 1.43. The van der Waals surface area contributed by atoms with Gasteiger partial charge in [0.2, 0.25) is 0 Å². The fourth-order valence-corrected chi connectivity index (χ4v) is 2.25. The molecule has 0 saturated heterocycles. The summed E-state index contributed by atoms with van der Waals surface area (Å²) < 4.78 is 20.4. The number of aromatic nitrogens is 2. The fourth-order valence-electron chi connectivity index (χ4n) is 2.25. The van der Waals surface area contributed by atoms with Crippen molar-refractivity contribution in [2.45, 2.75) is 6.04 Å². The van der Waals surface area contributed by atoms with Crippen LogP contribution in [-0.2, 0) is 0 Å². The molecule has 0 aliphatic heterocycles. The highest BCUT2D eigenvalue weighted by Crippen LogP contribution is 2.26. The molecule has 20 heavy (non-hydrogen) atoms. The molecule has 3 aromatic rings. The number of hydrogen-bond acceptors (Lipinski definition) is 3. The van der Waals surface area contributed by atoms with Crippen molar-refractivity contribution in [1.82, 2.24) is 9.61 Å². The number of nitrogens with two attached hydrogens (primary N) is 1. The van der Waals surface area contributed by atoms with Crippen molar-refractivity contribution in [1.29, 1.82) is 0 Å². The Bertz CT molecular complexity index is 754. The van der Waals surface area contributed by atoms with E-state index in [2.05, 4.69) is 5.10 Å². The number of hydrogen-bond donors (Lipinski definition) is 1. The van der Waals surface area contributed by atoms with Gasteiger partial charge in [0.25, 0.3) is 0 Å². The zero-order valence-electron chi connectivity index (χ0n) is 11.0. The van der Waals surface area contributed by atoms with E-state index in [-0.39, 0.29) is 5.75 Å². The summed E-state index contributed by atoms with van der Waals surface area (Å²) in [6.07, 6.45) is 3.56. The second kappa shape index (κ2) is 4.94. The molecule has 0 spiro atoms. The lowest BCUT2D eigenvalue weighted by Gasteiger charge is -2.12. The van der Waals surface area contributed by atoms with Crippen LogP contribution in [0, 0.1) is 5.82 Å². The highest BCUT2D eigenvalue weighted by atomic mass is 19.1. The van der Waals surface area contributed by atoms with E-state index >= 15 is 0 Å². The molecule has 0 amide bonds. The van der Waals surface area contributed by atoms with Crippen LogP contribution in [0.5, 0.6) is 5.75 Å². The van der Waals surface area contributed by atoms with Crippen LogP contribution in [-0.4, -0.2) is 16.7 Å². The number of methoxy groups -OCH3 is 1. The number of ether oxygens (including phenoxy) is 1. The average molecular weight is 271 g/mol. The first-order valence-corrected chi connectivity index (χ1v) is 6.22. The average Bonchev–Trinajstić information content (AvgIpc) is 2.90. The number of fused-ring (bicyclic) bond motifs is 1. The van der Waals surface area contributed by atoms with Crippen molar-refractivity contribution in [3.8, 4) is 5.75 Å². The van der Waals surface area contributed by atoms with E-state index in [4.69, 9.17) is 10.5 Å². The standard InChI is InChI=1S/C15H14FN3O/c1-20-14-6-5-10(8-12(14)16)15(17)11-9-18-19-7-3-2-4-13(11)19/h2-9,15H,17H2,1H3. The largest absolute Gasteiger partial charge is 0.494 e. The van der Waals surface area contributed by atoms with E-state index in [0.29, 0.717) is 5.56 Å². The molecule has 2 N–H and O–H groups in total. The van der Waals surface area contributed by atoms with Crippen LogP contribution >= 0.6 is 0 Å². The van der Waals surface area contributed by atoms with E-state index in [1.807, 2.05) is 24.4 Å². The summed E-state index contributed by atoms with van der Waals surface area (Å²) in [5.74, 6) is -0.210. The summed E-state index contributed by atoms with van der Waals surface area (Å²) in [5.41, 5.74) is 8.68. The van der Waals surface area contributed by atoms with Gasteiger partial charge in [-0.05, 0) is 29.8 Å². The molecule has 2 aromatic heterocycles. The first kappa shape index (κ1) is 12.6. The van der Waals surface area contributed by atoms with Crippen LogP contribution in [0.4, 0.5) is 4.39 Å². The first-order chi connectivity index (χ1) is 9.70. The van der Waals surface area contributed by atoms with E-state index in [1.165, 1.54) is 13.2 Å². The van der Waals surface area contributed by atoms with Gasteiger partial charge in [-0.2, -0.15) is 5.10 Å². The number of halogens is 1. The Kier molecular flexibility index (Phi) is 3.12. The third-order valence-corrected chi connectivity index (χ3v) is 3.33. The second-order valence-electron chi connectivity index (χ2n) is 4.50. The monoisotopic (exact) mass is 271 g/mol. The summed E-state index contributed by atoms with van der Waals surface area (Å²) in [6.45, 7) is 0. The van der Waals surface area contributed by atoms with Crippen LogP contribution in [0.15, 0.2) is 48.8 Å². The van der Waals surface area contributed by atoms with Gasteiger partial charge in [-0.3, -0.25) is 0 Å². The van der Waals surface area contributed by atoms with E-state index in [9.17, 15) is 4.39 Å². The topological polar surface area (TPSA) is 52.5 Å². The second-order valence-corrected chi connectivity index (χ2v) is 4.50. The molecule has 4 nitrogen and oxygen atoms in total. The van der Waals surface area contributed by atoms with Crippen molar-refractivity contribution in [3.05, 3.63) is 65.7 Å². The Morgan fingerprint density at radius 2 is 2.15 bits per heavy atom. The maximum atomic E-state index is 13.8. The first-order valence-electron chi connectivity index (χ1n) is 6.22. The molecular weight excluding hydrogens is 257 g/mol. The summed E-state index contributed by atoms with van der Waals surface area (Å²) in [4.78, 5) is 0. The predicted octanol–water partition coefficient (Wildman–Crippen LogP) is 2.53. The van der Waals surface area contributed by atoms with Crippen molar-refractivity contribution >= 4 is 5.52 Å².